The SMILES string of the molecule is O=S(=O)(c1cccnc1N1CCC(COc2ccccn2)CC1)N1CCCCC1. The summed E-state index contributed by atoms with van der Waals surface area (Å²) in [7, 11) is -3.51. The molecule has 2 aromatic heterocycles. The third-order valence-electron chi connectivity index (χ3n) is 5.70. The topological polar surface area (TPSA) is 75.6 Å². The average molecular weight is 417 g/mol. The van der Waals surface area contributed by atoms with E-state index in [4.69, 9.17) is 4.74 Å². The van der Waals surface area contributed by atoms with Gasteiger partial charge in [0.2, 0.25) is 15.9 Å². The first kappa shape index (κ1) is 20.1. The van der Waals surface area contributed by atoms with Gasteiger partial charge in [0.1, 0.15) is 10.7 Å². The zero-order chi connectivity index (χ0) is 20.1. The van der Waals surface area contributed by atoms with Gasteiger partial charge in [0.25, 0.3) is 0 Å². The van der Waals surface area contributed by atoms with Crippen LogP contribution in [-0.4, -0.2) is 55.5 Å². The van der Waals surface area contributed by atoms with Crippen LogP contribution in [0.5, 0.6) is 5.88 Å². The maximum absolute atomic E-state index is 13.2. The standard InChI is InChI=1S/C21H28N4O3S/c26-29(27,25-13-4-1-5-14-25)19-7-6-12-23-21(19)24-15-9-18(10-16-24)17-28-20-8-2-3-11-22-20/h2-3,6-8,11-12,18H,1,4-5,9-10,13-17H2. The first-order valence-corrected chi connectivity index (χ1v) is 11.8. The summed E-state index contributed by atoms with van der Waals surface area (Å²) >= 11 is 0. The zero-order valence-electron chi connectivity index (χ0n) is 16.6. The first-order valence-electron chi connectivity index (χ1n) is 10.4. The average Bonchev–Trinajstić information content (AvgIpc) is 2.79. The van der Waals surface area contributed by atoms with Crippen LogP contribution in [0, 0.1) is 5.92 Å². The Bertz CT molecular complexity index is 893. The Labute approximate surface area is 172 Å². The van der Waals surface area contributed by atoms with Crippen molar-refractivity contribution in [1.82, 2.24) is 14.3 Å². The van der Waals surface area contributed by atoms with E-state index >= 15 is 0 Å². The van der Waals surface area contributed by atoms with Crippen molar-refractivity contribution >= 4 is 15.8 Å². The van der Waals surface area contributed by atoms with Gasteiger partial charge in [-0.15, -0.1) is 0 Å². The van der Waals surface area contributed by atoms with E-state index < -0.39 is 10.0 Å². The van der Waals surface area contributed by atoms with Gasteiger partial charge in [-0.3, -0.25) is 0 Å². The number of pyridine rings is 2. The molecule has 4 rings (SSSR count). The fraction of sp³-hybridized carbons (Fsp3) is 0.524. The third-order valence-corrected chi connectivity index (χ3v) is 7.62. The predicted molar refractivity (Wildman–Crippen MR) is 112 cm³/mol. The predicted octanol–water partition coefficient (Wildman–Crippen LogP) is 2.95. The molecule has 8 heteroatoms. The second-order valence-corrected chi connectivity index (χ2v) is 9.61. The highest BCUT2D eigenvalue weighted by molar-refractivity contribution is 7.89. The lowest BCUT2D eigenvalue weighted by Crippen LogP contribution is -2.39. The molecule has 2 aromatic rings. The molecule has 0 radical (unpaired) electrons. The van der Waals surface area contributed by atoms with E-state index in [0.717, 1.165) is 45.2 Å². The van der Waals surface area contributed by atoms with Gasteiger partial charge < -0.3 is 9.64 Å². The fourth-order valence-corrected chi connectivity index (χ4v) is 5.69. The number of hydrogen-bond donors (Lipinski definition) is 0. The summed E-state index contributed by atoms with van der Waals surface area (Å²) < 4.78 is 33.8. The molecule has 0 aromatic carbocycles. The maximum Gasteiger partial charge on any atom is 0.246 e. The molecule has 0 spiro atoms. The van der Waals surface area contributed by atoms with Gasteiger partial charge in [0, 0.05) is 44.6 Å². The number of sulfonamides is 1. The molecule has 7 nitrogen and oxygen atoms in total. The van der Waals surface area contributed by atoms with Crippen LogP contribution < -0.4 is 9.64 Å². The number of nitrogens with zero attached hydrogens (tertiary/aromatic N) is 4. The Balaban J connectivity index is 1.41. The Morgan fingerprint density at radius 3 is 2.41 bits per heavy atom. The van der Waals surface area contributed by atoms with Gasteiger partial charge >= 0.3 is 0 Å². The van der Waals surface area contributed by atoms with Gasteiger partial charge in [-0.1, -0.05) is 12.5 Å². The Hall–Kier alpha value is -2.19. The van der Waals surface area contributed by atoms with Crippen LogP contribution in [0.4, 0.5) is 5.82 Å². The molecule has 0 unspecified atom stereocenters. The number of anilines is 1. The molecule has 2 saturated heterocycles. The second kappa shape index (κ2) is 9.09. The van der Waals surface area contributed by atoms with Crippen LogP contribution in [-0.2, 0) is 10.0 Å². The normalized spacial score (nSPS) is 19.2. The third kappa shape index (κ3) is 4.70. The summed E-state index contributed by atoms with van der Waals surface area (Å²) in [6, 6.07) is 9.06. The molecule has 2 fully saturated rings. The number of ether oxygens (including phenoxy) is 1. The molecule has 0 atom stereocenters. The molecule has 2 aliphatic rings. The van der Waals surface area contributed by atoms with Gasteiger partial charge in [0.05, 0.1) is 6.61 Å². The van der Waals surface area contributed by atoms with Crippen molar-refractivity contribution in [2.45, 2.75) is 37.0 Å². The molecule has 156 valence electrons. The minimum absolute atomic E-state index is 0.338. The Morgan fingerprint density at radius 2 is 1.69 bits per heavy atom. The van der Waals surface area contributed by atoms with E-state index in [9.17, 15) is 8.42 Å². The largest absolute Gasteiger partial charge is 0.477 e. The minimum atomic E-state index is -3.51. The molecule has 29 heavy (non-hydrogen) atoms. The van der Waals surface area contributed by atoms with E-state index in [2.05, 4.69) is 14.9 Å². The smallest absolute Gasteiger partial charge is 0.246 e. The van der Waals surface area contributed by atoms with Crippen molar-refractivity contribution in [3.8, 4) is 5.88 Å². The quantitative estimate of drug-likeness (QED) is 0.721. The summed E-state index contributed by atoms with van der Waals surface area (Å²) in [4.78, 5) is 11.1. The number of rotatable bonds is 6. The van der Waals surface area contributed by atoms with Crippen molar-refractivity contribution < 1.29 is 13.2 Å². The lowest BCUT2D eigenvalue weighted by Gasteiger charge is -2.34. The van der Waals surface area contributed by atoms with Crippen LogP contribution in [0.25, 0.3) is 0 Å². The molecule has 0 N–H and O–H groups in total. The van der Waals surface area contributed by atoms with Gasteiger partial charge in [-0.05, 0) is 49.8 Å². The second-order valence-electron chi connectivity index (χ2n) is 7.70. The molecule has 0 bridgehead atoms. The molecule has 4 heterocycles. The van der Waals surface area contributed by atoms with Crippen molar-refractivity contribution in [2.75, 3.05) is 37.7 Å². The van der Waals surface area contributed by atoms with Crippen molar-refractivity contribution in [2.24, 2.45) is 5.92 Å². The summed E-state index contributed by atoms with van der Waals surface area (Å²) in [5.41, 5.74) is 0. The summed E-state index contributed by atoms with van der Waals surface area (Å²) in [5, 5.41) is 0. The highest BCUT2D eigenvalue weighted by atomic mass is 32.2. The lowest BCUT2D eigenvalue weighted by atomic mass is 9.98. The first-order chi connectivity index (χ1) is 14.1. The minimum Gasteiger partial charge on any atom is -0.477 e. The van der Waals surface area contributed by atoms with Crippen molar-refractivity contribution in [3.05, 3.63) is 42.7 Å². The maximum atomic E-state index is 13.2. The number of hydrogen-bond acceptors (Lipinski definition) is 6. The summed E-state index contributed by atoms with van der Waals surface area (Å²) in [6.45, 7) is 3.38. The molecular weight excluding hydrogens is 388 g/mol. The Kier molecular flexibility index (Phi) is 6.30. The van der Waals surface area contributed by atoms with E-state index in [1.165, 1.54) is 0 Å². The van der Waals surface area contributed by atoms with Crippen LogP contribution in [0.1, 0.15) is 32.1 Å². The molecule has 0 amide bonds. The summed E-state index contributed by atoms with van der Waals surface area (Å²) in [6.07, 6.45) is 8.23. The molecular formula is C21H28N4O3S. The molecule has 0 aliphatic carbocycles. The van der Waals surface area contributed by atoms with Gasteiger partial charge in [-0.25, -0.2) is 18.4 Å². The fourth-order valence-electron chi connectivity index (χ4n) is 4.01. The van der Waals surface area contributed by atoms with E-state index in [1.54, 1.807) is 28.8 Å². The van der Waals surface area contributed by atoms with Gasteiger partial charge in [0.15, 0.2) is 0 Å². The molecule has 2 aliphatic heterocycles. The van der Waals surface area contributed by atoms with Gasteiger partial charge in [-0.2, -0.15) is 4.31 Å². The van der Waals surface area contributed by atoms with Crippen LogP contribution in [0.2, 0.25) is 0 Å². The molecule has 0 saturated carbocycles. The van der Waals surface area contributed by atoms with Crippen LogP contribution in [0.3, 0.4) is 0 Å². The Morgan fingerprint density at radius 1 is 0.931 bits per heavy atom. The zero-order valence-corrected chi connectivity index (χ0v) is 17.4. The van der Waals surface area contributed by atoms with E-state index in [1.807, 2.05) is 18.2 Å². The highest BCUT2D eigenvalue weighted by Crippen LogP contribution is 2.30. The monoisotopic (exact) mass is 416 g/mol. The highest BCUT2D eigenvalue weighted by Gasteiger charge is 2.31. The summed E-state index contributed by atoms with van der Waals surface area (Å²) in [5.74, 6) is 1.66. The van der Waals surface area contributed by atoms with E-state index in [-0.39, 0.29) is 0 Å². The van der Waals surface area contributed by atoms with Crippen LogP contribution >= 0.6 is 0 Å². The van der Waals surface area contributed by atoms with Crippen molar-refractivity contribution in [3.63, 3.8) is 0 Å². The lowest BCUT2D eigenvalue weighted by molar-refractivity contribution is 0.216. The van der Waals surface area contributed by atoms with Crippen LogP contribution in [0.15, 0.2) is 47.6 Å². The number of piperidine rings is 2. The van der Waals surface area contributed by atoms with Crippen molar-refractivity contribution in [1.29, 1.82) is 0 Å². The number of aromatic nitrogens is 2. The van der Waals surface area contributed by atoms with E-state index in [0.29, 0.717) is 42.2 Å².